The summed E-state index contributed by atoms with van der Waals surface area (Å²) < 4.78 is 15.2. The largest absolute Gasteiger partial charge is 0.325 e. The van der Waals surface area contributed by atoms with E-state index in [0.717, 1.165) is 6.54 Å². The Morgan fingerprint density at radius 2 is 2.22 bits per heavy atom. The van der Waals surface area contributed by atoms with Crippen LogP contribution in [-0.2, 0) is 4.79 Å². The average molecular weight is 455 g/mol. The van der Waals surface area contributed by atoms with Crippen LogP contribution in [0.2, 0.25) is 5.02 Å². The molecule has 4 nitrogen and oxygen atoms in total. The summed E-state index contributed by atoms with van der Waals surface area (Å²) in [6, 6.07) is 6.44. The summed E-state index contributed by atoms with van der Waals surface area (Å²) in [4.78, 5) is 19.0. The number of hydrogen-bond donors (Lipinski definition) is 1. The summed E-state index contributed by atoms with van der Waals surface area (Å²) in [5.41, 5.74) is 0.617. The van der Waals surface area contributed by atoms with Gasteiger partial charge in [-0.05, 0) is 71.9 Å². The van der Waals surface area contributed by atoms with Gasteiger partial charge in [-0.25, -0.2) is 9.38 Å². The smallest absolute Gasteiger partial charge is 0.242 e. The number of aliphatic imine (C=N–C) groups is 1. The molecule has 1 aliphatic carbocycles. The third-order valence-electron chi connectivity index (χ3n) is 4.85. The lowest BCUT2D eigenvalue weighted by Gasteiger charge is -2.26. The second-order valence-corrected chi connectivity index (χ2v) is 8.34. The molecule has 2 atom stereocenters. The van der Waals surface area contributed by atoms with Crippen molar-refractivity contribution in [1.29, 1.82) is 0 Å². The van der Waals surface area contributed by atoms with Crippen molar-refractivity contribution in [3.8, 4) is 0 Å². The predicted octanol–water partition coefficient (Wildman–Crippen LogP) is 5.17. The zero-order valence-electron chi connectivity index (χ0n) is 14.9. The first-order chi connectivity index (χ1) is 12.9. The molecule has 1 amide bonds. The van der Waals surface area contributed by atoms with E-state index in [1.54, 1.807) is 24.3 Å². The van der Waals surface area contributed by atoms with Crippen LogP contribution in [-0.4, -0.2) is 36.2 Å². The molecular weight excluding hydrogens is 433 g/mol. The Kier molecular flexibility index (Phi) is 6.84. The Labute approximate surface area is 172 Å². The van der Waals surface area contributed by atoms with Gasteiger partial charge in [0.25, 0.3) is 0 Å². The lowest BCUT2D eigenvalue weighted by atomic mass is 9.97. The van der Waals surface area contributed by atoms with Gasteiger partial charge < -0.3 is 5.32 Å². The third-order valence-corrected chi connectivity index (χ3v) is 5.29. The minimum Gasteiger partial charge on any atom is -0.325 e. The Hall–Kier alpha value is -1.50. The summed E-state index contributed by atoms with van der Waals surface area (Å²) in [6.07, 6.45) is 5.65. The van der Waals surface area contributed by atoms with Crippen LogP contribution in [0.1, 0.15) is 19.3 Å². The Bertz CT molecular complexity index is 778. The first-order valence-electron chi connectivity index (χ1n) is 8.98. The van der Waals surface area contributed by atoms with Crippen molar-refractivity contribution in [3.05, 3.63) is 52.4 Å². The van der Waals surface area contributed by atoms with Crippen molar-refractivity contribution in [2.45, 2.75) is 25.3 Å². The first kappa shape index (κ1) is 20.2. The molecule has 2 aliphatic rings. The zero-order chi connectivity index (χ0) is 19.4. The normalized spacial score (nSPS) is 23.7. The van der Waals surface area contributed by atoms with Gasteiger partial charge in [-0.3, -0.25) is 9.69 Å². The van der Waals surface area contributed by atoms with Crippen molar-refractivity contribution in [2.75, 3.05) is 18.4 Å². The fourth-order valence-electron chi connectivity index (χ4n) is 3.43. The van der Waals surface area contributed by atoms with Crippen LogP contribution in [0.15, 0.2) is 52.3 Å². The molecule has 1 aromatic rings. The lowest BCUT2D eigenvalue weighted by molar-refractivity contribution is -0.121. The van der Waals surface area contributed by atoms with Crippen LogP contribution in [0.4, 0.5) is 10.1 Å². The molecule has 1 aliphatic heterocycles. The quantitative estimate of drug-likeness (QED) is 0.456. The molecule has 7 heteroatoms. The van der Waals surface area contributed by atoms with Gasteiger partial charge in [0.1, 0.15) is 5.83 Å². The van der Waals surface area contributed by atoms with E-state index in [2.05, 4.69) is 37.7 Å². The fourth-order valence-corrected chi connectivity index (χ4v) is 3.73. The number of halogens is 3. The predicted molar refractivity (Wildman–Crippen MR) is 112 cm³/mol. The minimum atomic E-state index is -0.540. The molecule has 0 bridgehead atoms. The molecule has 3 rings (SSSR count). The molecule has 1 N–H and O–H groups in total. The molecule has 0 radical (unpaired) electrons. The lowest BCUT2D eigenvalue weighted by Crippen LogP contribution is -2.44. The second kappa shape index (κ2) is 9.13. The van der Waals surface area contributed by atoms with Gasteiger partial charge in [0.2, 0.25) is 5.91 Å². The Morgan fingerprint density at radius 1 is 1.44 bits per heavy atom. The minimum absolute atomic E-state index is 0.203. The van der Waals surface area contributed by atoms with Crippen LogP contribution < -0.4 is 5.32 Å². The van der Waals surface area contributed by atoms with E-state index >= 15 is 0 Å². The first-order valence-corrected chi connectivity index (χ1v) is 10.2. The number of carbonyl (C=O) groups is 1. The Morgan fingerprint density at radius 3 is 2.89 bits per heavy atom. The monoisotopic (exact) mass is 453 g/mol. The molecule has 2 fully saturated rings. The van der Waals surface area contributed by atoms with Crippen molar-refractivity contribution in [3.63, 3.8) is 0 Å². The summed E-state index contributed by atoms with van der Waals surface area (Å²) in [7, 11) is 0. The van der Waals surface area contributed by atoms with E-state index in [-0.39, 0.29) is 11.7 Å². The summed E-state index contributed by atoms with van der Waals surface area (Å²) in [6.45, 7) is 5.13. The van der Waals surface area contributed by atoms with E-state index in [1.165, 1.54) is 25.1 Å². The van der Waals surface area contributed by atoms with Gasteiger partial charge in [0.15, 0.2) is 0 Å². The van der Waals surface area contributed by atoms with E-state index in [4.69, 9.17) is 11.6 Å². The fraction of sp³-hybridized carbons (Fsp3) is 0.400. The highest BCUT2D eigenvalue weighted by molar-refractivity contribution is 9.11. The van der Waals surface area contributed by atoms with Crippen LogP contribution in [0.25, 0.3) is 0 Å². The number of nitrogens with zero attached hydrogens (tertiary/aromatic N) is 2. The van der Waals surface area contributed by atoms with Gasteiger partial charge >= 0.3 is 0 Å². The summed E-state index contributed by atoms with van der Waals surface area (Å²) in [5.74, 6) is -0.406. The van der Waals surface area contributed by atoms with Crippen molar-refractivity contribution in [2.24, 2.45) is 16.8 Å². The van der Waals surface area contributed by atoms with Gasteiger partial charge in [-0.15, -0.1) is 0 Å². The standard InChI is InChI=1S/C20H22BrClFN3O/c1-13(21)24-9-7-18(23)17-8-10-26(12-14-5-6-14)19(17)20(27)25-16-4-2-3-15(22)11-16/h2-4,7,9,11,14,17,19H,1,5-6,8,10,12H2,(H,25,27)/b18-7-,24-9-. The molecule has 27 heavy (non-hydrogen) atoms. The summed E-state index contributed by atoms with van der Waals surface area (Å²) >= 11 is 9.10. The van der Waals surface area contributed by atoms with Gasteiger partial charge in [0, 0.05) is 29.4 Å². The molecule has 2 unspecified atom stereocenters. The van der Waals surface area contributed by atoms with E-state index in [1.807, 2.05) is 0 Å². The topological polar surface area (TPSA) is 44.7 Å². The number of nitrogens with one attached hydrogen (secondary N) is 1. The van der Waals surface area contributed by atoms with Crippen molar-refractivity contribution in [1.82, 2.24) is 4.90 Å². The number of anilines is 1. The number of allylic oxidation sites excluding steroid dienone is 1. The van der Waals surface area contributed by atoms with Crippen molar-refractivity contribution < 1.29 is 9.18 Å². The molecule has 1 heterocycles. The molecular formula is C20H22BrClFN3O. The van der Waals surface area contributed by atoms with Crippen LogP contribution in [0, 0.1) is 11.8 Å². The second-order valence-electron chi connectivity index (χ2n) is 6.98. The van der Waals surface area contributed by atoms with E-state index in [9.17, 15) is 9.18 Å². The van der Waals surface area contributed by atoms with E-state index < -0.39 is 12.0 Å². The van der Waals surface area contributed by atoms with Gasteiger partial charge in [-0.1, -0.05) is 24.2 Å². The van der Waals surface area contributed by atoms with Crippen LogP contribution in [0.5, 0.6) is 0 Å². The maximum Gasteiger partial charge on any atom is 0.242 e. The molecule has 1 saturated carbocycles. The molecule has 1 aromatic carbocycles. The Balaban J connectivity index is 1.77. The SMILES string of the molecule is C=C(Br)/N=C\C=C(/F)C1CCN(CC2CC2)C1C(=O)Nc1cccc(Cl)c1. The van der Waals surface area contributed by atoms with Crippen molar-refractivity contribution >= 4 is 45.3 Å². The number of likely N-dealkylation sites (tertiary alicyclic amines) is 1. The highest BCUT2D eigenvalue weighted by Crippen LogP contribution is 2.37. The maximum absolute atomic E-state index is 14.8. The van der Waals surface area contributed by atoms with E-state index in [0.29, 0.717) is 34.2 Å². The van der Waals surface area contributed by atoms with Gasteiger partial charge in [0.05, 0.1) is 10.6 Å². The highest BCUT2D eigenvalue weighted by atomic mass is 79.9. The number of hydrogen-bond acceptors (Lipinski definition) is 3. The van der Waals surface area contributed by atoms with Gasteiger partial charge in [-0.2, -0.15) is 0 Å². The molecule has 0 aromatic heterocycles. The molecule has 0 spiro atoms. The number of benzene rings is 1. The average Bonchev–Trinajstić information content (AvgIpc) is 3.31. The molecule has 1 saturated heterocycles. The van der Waals surface area contributed by atoms with Crippen LogP contribution in [0.3, 0.4) is 0 Å². The third kappa shape index (κ3) is 5.74. The highest BCUT2D eigenvalue weighted by Gasteiger charge is 2.43. The molecule has 144 valence electrons. The maximum atomic E-state index is 14.8. The summed E-state index contributed by atoms with van der Waals surface area (Å²) in [5, 5.41) is 3.44. The number of carbonyl (C=O) groups excluding carboxylic acids is 1. The van der Waals surface area contributed by atoms with Crippen LogP contribution >= 0.6 is 27.5 Å². The number of amides is 1. The number of rotatable bonds is 7. The zero-order valence-corrected chi connectivity index (χ0v) is 17.2.